The molecule has 0 saturated heterocycles. The summed E-state index contributed by atoms with van der Waals surface area (Å²) in [6.45, 7) is 1.45. The second kappa shape index (κ2) is 4.16. The summed E-state index contributed by atoms with van der Waals surface area (Å²) in [6, 6.07) is 2.93. The van der Waals surface area contributed by atoms with Crippen molar-refractivity contribution < 1.29 is 17.2 Å². The van der Waals surface area contributed by atoms with E-state index in [2.05, 4.69) is 4.99 Å². The van der Waals surface area contributed by atoms with Gasteiger partial charge in [0.05, 0.1) is 5.75 Å². The van der Waals surface area contributed by atoms with Gasteiger partial charge in [0.25, 0.3) is 0 Å². The third-order valence-electron chi connectivity index (χ3n) is 3.08. The zero-order valence-electron chi connectivity index (χ0n) is 10.4. The molecule has 1 unspecified atom stereocenters. The van der Waals surface area contributed by atoms with Crippen LogP contribution >= 0.6 is 0 Å². The summed E-state index contributed by atoms with van der Waals surface area (Å²) < 4.78 is 51.4. The Labute approximate surface area is 109 Å². The van der Waals surface area contributed by atoms with Gasteiger partial charge in [-0.25, -0.2) is 26.5 Å². The number of halogens is 2. The Morgan fingerprint density at radius 3 is 2.58 bits per heavy atom. The summed E-state index contributed by atoms with van der Waals surface area (Å²) in [5.41, 5.74) is 4.17. The van der Waals surface area contributed by atoms with Crippen LogP contribution < -0.4 is 5.73 Å². The van der Waals surface area contributed by atoms with E-state index < -0.39 is 32.9 Å². The van der Waals surface area contributed by atoms with E-state index in [0.717, 1.165) is 10.4 Å². The van der Waals surface area contributed by atoms with E-state index in [1.54, 1.807) is 0 Å². The van der Waals surface area contributed by atoms with Gasteiger partial charge in [0.15, 0.2) is 0 Å². The van der Waals surface area contributed by atoms with Crippen molar-refractivity contribution in [3.8, 4) is 0 Å². The monoisotopic (exact) mass is 289 g/mol. The van der Waals surface area contributed by atoms with Crippen molar-refractivity contribution in [2.75, 3.05) is 12.8 Å². The van der Waals surface area contributed by atoms with Gasteiger partial charge in [-0.2, -0.15) is 0 Å². The van der Waals surface area contributed by atoms with E-state index in [1.807, 2.05) is 0 Å². The Kier molecular flexibility index (Phi) is 3.00. The predicted octanol–water partition coefficient (Wildman–Crippen LogP) is 0.770. The molecule has 19 heavy (non-hydrogen) atoms. The Bertz CT molecular complexity index is 660. The fourth-order valence-electron chi connectivity index (χ4n) is 2.01. The molecule has 0 radical (unpaired) electrons. The summed E-state index contributed by atoms with van der Waals surface area (Å²) in [5, 5.41) is 0. The average molecular weight is 289 g/mol. The normalized spacial score (nSPS) is 26.1. The van der Waals surface area contributed by atoms with Gasteiger partial charge in [-0.15, -0.1) is 0 Å². The van der Waals surface area contributed by atoms with E-state index in [-0.39, 0.29) is 11.5 Å². The lowest BCUT2D eigenvalue weighted by Crippen LogP contribution is -2.50. The van der Waals surface area contributed by atoms with Gasteiger partial charge in [0.2, 0.25) is 16.0 Å². The highest BCUT2D eigenvalue weighted by Gasteiger charge is 2.41. The molecule has 0 saturated carbocycles. The van der Waals surface area contributed by atoms with Gasteiger partial charge in [-0.3, -0.25) is 0 Å². The molecule has 5 nitrogen and oxygen atoms in total. The average Bonchev–Trinajstić information content (AvgIpc) is 2.24. The molecular weight excluding hydrogens is 276 g/mol. The van der Waals surface area contributed by atoms with Crippen LogP contribution in [0.25, 0.3) is 0 Å². The first kappa shape index (κ1) is 13.7. The molecule has 0 fully saturated rings. The van der Waals surface area contributed by atoms with E-state index in [4.69, 9.17) is 5.73 Å². The zero-order chi connectivity index (χ0) is 14.4. The lowest BCUT2D eigenvalue weighted by Gasteiger charge is -2.34. The molecule has 104 valence electrons. The highest BCUT2D eigenvalue weighted by Crippen LogP contribution is 2.33. The molecule has 0 aliphatic carbocycles. The van der Waals surface area contributed by atoms with Crippen molar-refractivity contribution in [2.45, 2.75) is 12.5 Å². The van der Waals surface area contributed by atoms with E-state index in [1.165, 1.54) is 20.0 Å². The number of benzene rings is 1. The topological polar surface area (TPSA) is 75.8 Å². The molecule has 0 amide bonds. The number of nitrogens with two attached hydrogens (primary N) is 1. The Balaban J connectivity index is 2.61. The standard InChI is InChI=1S/C11H13F2N3O2S/c1-11(8-4-3-7(12)5-9(8)13)6-19(17,18)16(2)10(14)15-11/h3-5H,6H2,1-2H3,(H2,14,15). The molecule has 0 bridgehead atoms. The minimum atomic E-state index is -3.68. The lowest BCUT2D eigenvalue weighted by atomic mass is 9.94. The van der Waals surface area contributed by atoms with Gasteiger partial charge >= 0.3 is 0 Å². The molecule has 1 aliphatic heterocycles. The molecule has 1 heterocycles. The van der Waals surface area contributed by atoms with Gasteiger partial charge in [0, 0.05) is 18.7 Å². The number of hydrogen-bond acceptors (Lipinski definition) is 4. The first-order chi connectivity index (χ1) is 8.66. The minimum absolute atomic E-state index is 0.00600. The maximum Gasteiger partial charge on any atom is 0.239 e. The summed E-state index contributed by atoms with van der Waals surface area (Å²) >= 11 is 0. The number of hydrogen-bond donors (Lipinski definition) is 1. The van der Waals surface area contributed by atoms with Crippen LogP contribution in [0.3, 0.4) is 0 Å². The van der Waals surface area contributed by atoms with Gasteiger partial charge in [-0.1, -0.05) is 6.07 Å². The molecular formula is C11H13F2N3O2S. The highest BCUT2D eigenvalue weighted by atomic mass is 32.2. The van der Waals surface area contributed by atoms with Crippen LogP contribution in [0.2, 0.25) is 0 Å². The lowest BCUT2D eigenvalue weighted by molar-refractivity contribution is 0.455. The second-order valence-electron chi connectivity index (χ2n) is 4.59. The molecule has 2 rings (SSSR count). The molecule has 0 aromatic heterocycles. The SMILES string of the molecule is CN1C(N)=NC(C)(c2ccc(F)cc2F)CS1(=O)=O. The minimum Gasteiger partial charge on any atom is -0.369 e. The van der Waals surface area contributed by atoms with Crippen molar-refractivity contribution in [1.29, 1.82) is 0 Å². The Morgan fingerprint density at radius 2 is 2.05 bits per heavy atom. The first-order valence-corrected chi connectivity index (χ1v) is 7.04. The largest absolute Gasteiger partial charge is 0.369 e. The highest BCUT2D eigenvalue weighted by molar-refractivity contribution is 7.89. The number of nitrogens with zero attached hydrogens (tertiary/aromatic N) is 2. The molecule has 1 atom stereocenters. The molecule has 1 aromatic rings. The Morgan fingerprint density at radius 1 is 1.42 bits per heavy atom. The molecule has 1 aliphatic rings. The zero-order valence-corrected chi connectivity index (χ0v) is 11.2. The third-order valence-corrected chi connectivity index (χ3v) is 5.02. The second-order valence-corrected chi connectivity index (χ2v) is 6.59. The number of sulfonamides is 1. The van der Waals surface area contributed by atoms with Crippen molar-refractivity contribution >= 4 is 16.0 Å². The van der Waals surface area contributed by atoms with Crippen LogP contribution in [0.15, 0.2) is 23.2 Å². The van der Waals surface area contributed by atoms with Crippen LogP contribution in [0.5, 0.6) is 0 Å². The van der Waals surface area contributed by atoms with Crippen molar-refractivity contribution in [3.05, 3.63) is 35.4 Å². The summed E-state index contributed by atoms with van der Waals surface area (Å²) in [7, 11) is -2.40. The van der Waals surface area contributed by atoms with Crippen LogP contribution in [-0.4, -0.2) is 31.5 Å². The molecule has 1 aromatic carbocycles. The van der Waals surface area contributed by atoms with Crippen molar-refractivity contribution in [2.24, 2.45) is 10.7 Å². The third kappa shape index (κ3) is 2.27. The molecule has 8 heteroatoms. The van der Waals surface area contributed by atoms with Gasteiger partial charge < -0.3 is 5.73 Å². The van der Waals surface area contributed by atoms with Crippen molar-refractivity contribution in [1.82, 2.24) is 4.31 Å². The van der Waals surface area contributed by atoms with Crippen LogP contribution in [0, 0.1) is 11.6 Å². The summed E-state index contributed by atoms with van der Waals surface area (Å²) in [5.74, 6) is -2.24. The maximum absolute atomic E-state index is 13.8. The van der Waals surface area contributed by atoms with E-state index in [9.17, 15) is 17.2 Å². The number of aliphatic imine (C=N–C) groups is 1. The predicted molar refractivity (Wildman–Crippen MR) is 66.9 cm³/mol. The van der Waals surface area contributed by atoms with Crippen LogP contribution in [0.1, 0.15) is 12.5 Å². The quantitative estimate of drug-likeness (QED) is 0.829. The van der Waals surface area contributed by atoms with Gasteiger partial charge in [0.1, 0.15) is 17.2 Å². The van der Waals surface area contributed by atoms with E-state index >= 15 is 0 Å². The van der Waals surface area contributed by atoms with Gasteiger partial charge in [-0.05, 0) is 13.0 Å². The summed E-state index contributed by atoms with van der Waals surface area (Å²) in [4.78, 5) is 4.03. The van der Waals surface area contributed by atoms with Crippen LogP contribution in [-0.2, 0) is 15.6 Å². The Hall–Kier alpha value is -1.70. The van der Waals surface area contributed by atoms with Crippen LogP contribution in [0.4, 0.5) is 8.78 Å². The van der Waals surface area contributed by atoms with Crippen molar-refractivity contribution in [3.63, 3.8) is 0 Å². The fraction of sp³-hybridized carbons (Fsp3) is 0.364. The molecule has 2 N–H and O–H groups in total. The number of guanidine groups is 1. The molecule has 0 spiro atoms. The maximum atomic E-state index is 13.8. The smallest absolute Gasteiger partial charge is 0.239 e. The summed E-state index contributed by atoms with van der Waals surface area (Å²) in [6.07, 6.45) is 0. The first-order valence-electron chi connectivity index (χ1n) is 5.43. The van der Waals surface area contributed by atoms with E-state index in [0.29, 0.717) is 6.07 Å². The number of rotatable bonds is 1. The fourth-order valence-corrected chi connectivity index (χ4v) is 3.46.